The molecule has 1 saturated heterocycles. The maximum absolute atomic E-state index is 12.3. The third-order valence-electron chi connectivity index (χ3n) is 3.84. The van der Waals surface area contributed by atoms with E-state index in [1.165, 1.54) is 0 Å². The van der Waals surface area contributed by atoms with Crippen molar-refractivity contribution in [2.24, 2.45) is 0 Å². The number of likely N-dealkylation sites (N-methyl/N-ethyl adjacent to an activating group) is 2. The molecule has 1 aliphatic rings. The predicted molar refractivity (Wildman–Crippen MR) is 85.1 cm³/mol. The van der Waals surface area contributed by atoms with Gasteiger partial charge in [0.1, 0.15) is 0 Å². The Morgan fingerprint density at radius 3 is 2.90 bits per heavy atom. The first-order chi connectivity index (χ1) is 9.47. The van der Waals surface area contributed by atoms with Crippen LogP contribution in [0.5, 0.6) is 0 Å². The Kier molecular flexibility index (Phi) is 5.18. The molecule has 20 heavy (non-hydrogen) atoms. The van der Waals surface area contributed by atoms with E-state index in [1.807, 2.05) is 25.1 Å². The van der Waals surface area contributed by atoms with Gasteiger partial charge in [-0.3, -0.25) is 9.69 Å². The van der Waals surface area contributed by atoms with Crippen LogP contribution in [0, 0.1) is 6.92 Å². The molecule has 1 atom stereocenters. The fraction of sp³-hybridized carbons (Fsp3) is 0.533. The molecule has 2 rings (SSSR count). The van der Waals surface area contributed by atoms with Crippen LogP contribution in [-0.2, 0) is 0 Å². The highest BCUT2D eigenvalue weighted by molar-refractivity contribution is 9.10. The second-order valence-electron chi connectivity index (χ2n) is 5.59. The summed E-state index contributed by atoms with van der Waals surface area (Å²) >= 11 is 3.44. The molecule has 1 aromatic carbocycles. The molecule has 1 aromatic rings. The minimum atomic E-state index is -0.0119. The van der Waals surface area contributed by atoms with E-state index in [1.54, 1.807) is 0 Å². The summed E-state index contributed by atoms with van der Waals surface area (Å²) in [5, 5.41) is 3.05. The van der Waals surface area contributed by atoms with E-state index in [-0.39, 0.29) is 5.91 Å². The lowest BCUT2D eigenvalue weighted by molar-refractivity contribution is 0.0880. The first-order valence-electron chi connectivity index (χ1n) is 6.90. The molecule has 0 spiro atoms. The van der Waals surface area contributed by atoms with Gasteiger partial charge in [-0.1, -0.05) is 11.6 Å². The lowest BCUT2D eigenvalue weighted by atomic mass is 10.1. The van der Waals surface area contributed by atoms with Crippen LogP contribution in [0.4, 0.5) is 0 Å². The summed E-state index contributed by atoms with van der Waals surface area (Å²) in [4.78, 5) is 16.9. The first-order valence-corrected chi connectivity index (χ1v) is 7.70. The van der Waals surface area contributed by atoms with Crippen LogP contribution in [0.15, 0.2) is 22.7 Å². The average Bonchev–Trinajstić information content (AvgIpc) is 2.42. The summed E-state index contributed by atoms with van der Waals surface area (Å²) in [7, 11) is 4.24. The summed E-state index contributed by atoms with van der Waals surface area (Å²) in [5.74, 6) is -0.0119. The highest BCUT2D eigenvalue weighted by atomic mass is 79.9. The Morgan fingerprint density at radius 2 is 2.15 bits per heavy atom. The number of nitrogens with one attached hydrogen (secondary N) is 1. The lowest BCUT2D eigenvalue weighted by Gasteiger charge is -2.37. The largest absolute Gasteiger partial charge is 0.350 e. The number of piperazine rings is 1. The molecule has 0 bridgehead atoms. The number of hydrogen-bond acceptors (Lipinski definition) is 3. The van der Waals surface area contributed by atoms with E-state index < -0.39 is 0 Å². The molecule has 1 N–H and O–H groups in total. The van der Waals surface area contributed by atoms with Crippen LogP contribution in [0.3, 0.4) is 0 Å². The fourth-order valence-corrected chi connectivity index (χ4v) is 2.87. The number of benzene rings is 1. The minimum absolute atomic E-state index is 0.0119. The van der Waals surface area contributed by atoms with Crippen molar-refractivity contribution in [3.63, 3.8) is 0 Å². The van der Waals surface area contributed by atoms with Gasteiger partial charge in [-0.2, -0.15) is 0 Å². The van der Waals surface area contributed by atoms with E-state index in [9.17, 15) is 4.79 Å². The topological polar surface area (TPSA) is 35.6 Å². The van der Waals surface area contributed by atoms with Crippen LogP contribution in [0.25, 0.3) is 0 Å². The quantitative estimate of drug-likeness (QED) is 0.910. The molecule has 0 aliphatic carbocycles. The van der Waals surface area contributed by atoms with Gasteiger partial charge in [-0.05, 0) is 49.1 Å². The zero-order valence-electron chi connectivity index (χ0n) is 12.3. The number of amides is 1. The summed E-state index contributed by atoms with van der Waals surface area (Å²) in [5.41, 5.74) is 1.80. The Hall–Kier alpha value is -0.910. The Morgan fingerprint density at radius 1 is 1.40 bits per heavy atom. The van der Waals surface area contributed by atoms with Crippen molar-refractivity contribution in [3.8, 4) is 0 Å². The van der Waals surface area contributed by atoms with Gasteiger partial charge in [-0.25, -0.2) is 0 Å². The van der Waals surface area contributed by atoms with Gasteiger partial charge in [0.25, 0.3) is 5.91 Å². The highest BCUT2D eigenvalue weighted by Gasteiger charge is 2.22. The van der Waals surface area contributed by atoms with Crippen molar-refractivity contribution >= 4 is 21.8 Å². The Labute approximate surface area is 129 Å². The third kappa shape index (κ3) is 3.81. The van der Waals surface area contributed by atoms with Crippen LogP contribution in [-0.4, -0.2) is 62.0 Å². The van der Waals surface area contributed by atoms with Crippen molar-refractivity contribution in [1.82, 2.24) is 15.1 Å². The lowest BCUT2D eigenvalue weighted by Crippen LogP contribution is -2.54. The van der Waals surface area contributed by atoms with E-state index in [4.69, 9.17) is 0 Å². The SMILES string of the molecule is Cc1ccc(Br)c(C(=O)NCC2CN(C)CCN2C)c1. The van der Waals surface area contributed by atoms with Crippen LogP contribution in [0.1, 0.15) is 15.9 Å². The first kappa shape index (κ1) is 15.5. The Bertz CT molecular complexity index is 492. The average molecular weight is 340 g/mol. The number of aryl methyl sites for hydroxylation is 1. The molecule has 0 saturated carbocycles. The molecule has 4 nitrogen and oxygen atoms in total. The number of hydrogen-bond donors (Lipinski definition) is 1. The van der Waals surface area contributed by atoms with Gasteiger partial charge in [0, 0.05) is 36.7 Å². The molecular weight excluding hydrogens is 318 g/mol. The number of nitrogens with zero attached hydrogens (tertiary/aromatic N) is 2. The number of carbonyl (C=O) groups excluding carboxylic acids is 1. The van der Waals surface area contributed by atoms with Crippen molar-refractivity contribution in [3.05, 3.63) is 33.8 Å². The van der Waals surface area contributed by atoms with Gasteiger partial charge < -0.3 is 10.2 Å². The summed E-state index contributed by atoms with van der Waals surface area (Å²) in [6.45, 7) is 5.80. The summed E-state index contributed by atoms with van der Waals surface area (Å²) in [6.07, 6.45) is 0. The molecule has 0 aromatic heterocycles. The molecule has 1 unspecified atom stereocenters. The van der Waals surface area contributed by atoms with Gasteiger partial charge in [0.05, 0.1) is 5.56 Å². The van der Waals surface area contributed by atoms with E-state index in [0.29, 0.717) is 18.2 Å². The Balaban J connectivity index is 1.96. The molecule has 5 heteroatoms. The van der Waals surface area contributed by atoms with Crippen molar-refractivity contribution < 1.29 is 4.79 Å². The predicted octanol–water partition coefficient (Wildman–Crippen LogP) is 1.73. The normalized spacial score (nSPS) is 20.9. The van der Waals surface area contributed by atoms with Gasteiger partial charge >= 0.3 is 0 Å². The highest BCUT2D eigenvalue weighted by Crippen LogP contribution is 2.18. The smallest absolute Gasteiger partial charge is 0.252 e. The number of rotatable bonds is 3. The van der Waals surface area contributed by atoms with E-state index >= 15 is 0 Å². The van der Waals surface area contributed by atoms with E-state index in [2.05, 4.69) is 45.1 Å². The monoisotopic (exact) mass is 339 g/mol. The van der Waals surface area contributed by atoms with E-state index in [0.717, 1.165) is 29.7 Å². The third-order valence-corrected chi connectivity index (χ3v) is 4.54. The standard InChI is InChI=1S/C15H22BrN3O/c1-11-4-5-14(16)13(8-11)15(20)17-9-12-10-18(2)6-7-19(12)3/h4-5,8,12H,6-7,9-10H2,1-3H3,(H,17,20). The number of carbonyl (C=O) groups is 1. The van der Waals surface area contributed by atoms with Crippen molar-refractivity contribution in [2.75, 3.05) is 40.3 Å². The minimum Gasteiger partial charge on any atom is -0.350 e. The van der Waals surface area contributed by atoms with Crippen LogP contribution in [0.2, 0.25) is 0 Å². The van der Waals surface area contributed by atoms with Crippen LogP contribution >= 0.6 is 15.9 Å². The zero-order valence-corrected chi connectivity index (χ0v) is 13.9. The molecule has 1 aliphatic heterocycles. The molecule has 0 radical (unpaired) electrons. The van der Waals surface area contributed by atoms with Crippen molar-refractivity contribution in [2.45, 2.75) is 13.0 Å². The fourth-order valence-electron chi connectivity index (χ4n) is 2.44. The molecule has 1 fully saturated rings. The molecule has 1 amide bonds. The molecule has 110 valence electrons. The van der Waals surface area contributed by atoms with Crippen LogP contribution < -0.4 is 5.32 Å². The maximum Gasteiger partial charge on any atom is 0.252 e. The number of halogens is 1. The molecule has 1 heterocycles. The maximum atomic E-state index is 12.3. The van der Waals surface area contributed by atoms with Gasteiger partial charge in [0.15, 0.2) is 0 Å². The molecular formula is C15H22BrN3O. The van der Waals surface area contributed by atoms with Crippen molar-refractivity contribution in [1.29, 1.82) is 0 Å². The van der Waals surface area contributed by atoms with Gasteiger partial charge in [0.2, 0.25) is 0 Å². The summed E-state index contributed by atoms with van der Waals surface area (Å²) < 4.78 is 0.842. The summed E-state index contributed by atoms with van der Waals surface area (Å²) in [6, 6.07) is 6.20. The zero-order chi connectivity index (χ0) is 14.7. The second kappa shape index (κ2) is 6.70. The van der Waals surface area contributed by atoms with Gasteiger partial charge in [-0.15, -0.1) is 0 Å². The second-order valence-corrected chi connectivity index (χ2v) is 6.44.